The van der Waals surface area contributed by atoms with E-state index in [2.05, 4.69) is 22.6 Å². The summed E-state index contributed by atoms with van der Waals surface area (Å²) in [6.45, 7) is 2.12. The van der Waals surface area contributed by atoms with E-state index >= 15 is 0 Å². The van der Waals surface area contributed by atoms with Crippen molar-refractivity contribution in [2.75, 3.05) is 25.1 Å². The normalized spacial score (nSPS) is 10.2. The van der Waals surface area contributed by atoms with Gasteiger partial charge in [0.05, 0.1) is 0 Å². The quantitative estimate of drug-likeness (QED) is 0.699. The van der Waals surface area contributed by atoms with Crippen molar-refractivity contribution in [1.29, 1.82) is 0 Å². The van der Waals surface area contributed by atoms with E-state index in [4.69, 9.17) is 0 Å². The second-order valence-electron chi connectivity index (χ2n) is 2.81. The van der Waals surface area contributed by atoms with Gasteiger partial charge in [0.15, 0.2) is 0 Å². The van der Waals surface area contributed by atoms with Crippen molar-refractivity contribution in [1.82, 2.24) is 10.3 Å². The van der Waals surface area contributed by atoms with Gasteiger partial charge in [0.2, 0.25) is 0 Å². The number of thioether (sulfide) groups is 1. The van der Waals surface area contributed by atoms with Gasteiger partial charge in [-0.3, -0.25) is 4.98 Å². The highest BCUT2D eigenvalue weighted by Gasteiger charge is 1.91. The number of aromatic nitrogens is 1. The lowest BCUT2D eigenvalue weighted by Gasteiger charge is -2.02. The number of rotatable bonds is 6. The predicted octanol–water partition coefficient (Wildman–Crippen LogP) is 1.58. The Morgan fingerprint density at radius 1 is 1.38 bits per heavy atom. The number of nitrogens with one attached hydrogen (secondary N) is 1. The van der Waals surface area contributed by atoms with Crippen molar-refractivity contribution in [3.05, 3.63) is 30.1 Å². The third-order valence-corrected chi connectivity index (χ3v) is 2.38. The maximum absolute atomic E-state index is 4.25. The van der Waals surface area contributed by atoms with Gasteiger partial charge in [0, 0.05) is 37.2 Å². The lowest BCUT2D eigenvalue weighted by atomic mass is 10.3. The summed E-state index contributed by atoms with van der Waals surface area (Å²) in [7, 11) is 0. The van der Waals surface area contributed by atoms with Crippen molar-refractivity contribution in [3.8, 4) is 0 Å². The zero-order valence-electron chi connectivity index (χ0n) is 7.99. The Labute approximate surface area is 84.1 Å². The molecule has 1 heterocycles. The first-order valence-corrected chi connectivity index (χ1v) is 5.92. The lowest BCUT2D eigenvalue weighted by molar-refractivity contribution is 0.712. The van der Waals surface area contributed by atoms with Crippen molar-refractivity contribution in [2.45, 2.75) is 6.42 Å². The molecule has 3 heteroatoms. The maximum atomic E-state index is 4.25. The third kappa shape index (κ3) is 4.90. The highest BCUT2D eigenvalue weighted by Crippen LogP contribution is 1.93. The average molecular weight is 196 g/mol. The van der Waals surface area contributed by atoms with E-state index < -0.39 is 0 Å². The summed E-state index contributed by atoms with van der Waals surface area (Å²) in [6, 6.07) is 6.05. The maximum Gasteiger partial charge on any atom is 0.0416 e. The van der Waals surface area contributed by atoms with Crippen molar-refractivity contribution in [2.24, 2.45) is 0 Å². The summed E-state index contributed by atoms with van der Waals surface area (Å²) in [5.74, 6) is 1.18. The van der Waals surface area contributed by atoms with Crippen LogP contribution in [0.25, 0.3) is 0 Å². The van der Waals surface area contributed by atoms with E-state index in [1.165, 1.54) is 11.4 Å². The molecule has 0 aliphatic rings. The minimum atomic E-state index is 1.02. The van der Waals surface area contributed by atoms with Gasteiger partial charge in [-0.25, -0.2) is 0 Å². The smallest absolute Gasteiger partial charge is 0.0416 e. The fourth-order valence-electron chi connectivity index (χ4n) is 1.06. The second-order valence-corrected chi connectivity index (χ2v) is 3.80. The molecule has 13 heavy (non-hydrogen) atoms. The molecule has 0 unspecified atom stereocenters. The minimum Gasteiger partial charge on any atom is -0.316 e. The van der Waals surface area contributed by atoms with E-state index in [1.807, 2.05) is 30.1 Å². The van der Waals surface area contributed by atoms with Crippen LogP contribution < -0.4 is 5.32 Å². The molecule has 0 aromatic carbocycles. The summed E-state index contributed by atoms with van der Waals surface area (Å²) >= 11 is 1.87. The molecule has 1 aromatic rings. The van der Waals surface area contributed by atoms with Gasteiger partial charge in [-0.2, -0.15) is 11.8 Å². The van der Waals surface area contributed by atoms with Crippen molar-refractivity contribution >= 4 is 11.8 Å². The molecule has 2 nitrogen and oxygen atoms in total. The van der Waals surface area contributed by atoms with Gasteiger partial charge in [-0.1, -0.05) is 6.07 Å². The Morgan fingerprint density at radius 3 is 3.00 bits per heavy atom. The SMILES string of the molecule is CSCCNCCc1ccccn1. The Balaban J connectivity index is 2.07. The number of hydrogen-bond donors (Lipinski definition) is 1. The monoisotopic (exact) mass is 196 g/mol. The van der Waals surface area contributed by atoms with Crippen LogP contribution in [0.15, 0.2) is 24.4 Å². The summed E-state index contributed by atoms with van der Waals surface area (Å²) in [4.78, 5) is 4.25. The van der Waals surface area contributed by atoms with Gasteiger partial charge in [-0.15, -0.1) is 0 Å². The fraction of sp³-hybridized carbons (Fsp3) is 0.500. The summed E-state index contributed by atoms with van der Waals surface area (Å²) in [5.41, 5.74) is 1.17. The zero-order valence-corrected chi connectivity index (χ0v) is 8.81. The van der Waals surface area contributed by atoms with E-state index in [0.717, 1.165) is 19.5 Å². The first-order chi connectivity index (χ1) is 6.43. The van der Waals surface area contributed by atoms with Crippen LogP contribution in [0, 0.1) is 0 Å². The van der Waals surface area contributed by atoms with E-state index in [1.54, 1.807) is 0 Å². The molecule has 0 spiro atoms. The summed E-state index contributed by atoms with van der Waals surface area (Å²) in [6.07, 6.45) is 4.99. The van der Waals surface area contributed by atoms with Crippen LogP contribution in [0.3, 0.4) is 0 Å². The molecule has 0 saturated heterocycles. The minimum absolute atomic E-state index is 1.02. The first kappa shape index (κ1) is 10.5. The second kappa shape index (κ2) is 6.92. The van der Waals surface area contributed by atoms with Crippen LogP contribution in [0.4, 0.5) is 0 Å². The predicted molar refractivity (Wildman–Crippen MR) is 59.2 cm³/mol. The Kier molecular flexibility index (Phi) is 5.61. The Hall–Kier alpha value is -0.540. The molecule has 0 radical (unpaired) electrons. The largest absolute Gasteiger partial charge is 0.316 e. The Morgan fingerprint density at radius 2 is 2.31 bits per heavy atom. The molecule has 1 rings (SSSR count). The molecule has 0 aliphatic carbocycles. The highest BCUT2D eigenvalue weighted by atomic mass is 32.2. The van der Waals surface area contributed by atoms with E-state index in [9.17, 15) is 0 Å². The van der Waals surface area contributed by atoms with Crippen LogP contribution in [0.2, 0.25) is 0 Å². The van der Waals surface area contributed by atoms with Gasteiger partial charge in [0.1, 0.15) is 0 Å². The molecule has 1 aromatic heterocycles. The number of hydrogen-bond acceptors (Lipinski definition) is 3. The van der Waals surface area contributed by atoms with E-state index in [-0.39, 0.29) is 0 Å². The molecule has 0 amide bonds. The van der Waals surface area contributed by atoms with Gasteiger partial charge >= 0.3 is 0 Å². The third-order valence-electron chi connectivity index (χ3n) is 1.77. The summed E-state index contributed by atoms with van der Waals surface area (Å²) in [5, 5.41) is 3.37. The molecule has 0 bridgehead atoms. The first-order valence-electron chi connectivity index (χ1n) is 4.53. The van der Waals surface area contributed by atoms with Gasteiger partial charge in [0.25, 0.3) is 0 Å². The lowest BCUT2D eigenvalue weighted by Crippen LogP contribution is -2.20. The molecule has 0 atom stereocenters. The number of pyridine rings is 1. The van der Waals surface area contributed by atoms with Crippen LogP contribution in [-0.2, 0) is 6.42 Å². The topological polar surface area (TPSA) is 24.9 Å². The highest BCUT2D eigenvalue weighted by molar-refractivity contribution is 7.98. The van der Waals surface area contributed by atoms with Crippen molar-refractivity contribution < 1.29 is 0 Å². The van der Waals surface area contributed by atoms with Crippen molar-refractivity contribution in [3.63, 3.8) is 0 Å². The molecule has 72 valence electrons. The van der Waals surface area contributed by atoms with Crippen LogP contribution in [0.5, 0.6) is 0 Å². The van der Waals surface area contributed by atoms with Crippen LogP contribution in [0.1, 0.15) is 5.69 Å². The van der Waals surface area contributed by atoms with Gasteiger partial charge in [-0.05, 0) is 18.4 Å². The van der Waals surface area contributed by atoms with E-state index in [0.29, 0.717) is 0 Å². The Bertz CT molecular complexity index is 213. The molecule has 1 N–H and O–H groups in total. The molecular weight excluding hydrogens is 180 g/mol. The average Bonchev–Trinajstić information content (AvgIpc) is 2.19. The zero-order chi connectivity index (χ0) is 9.36. The fourth-order valence-corrected chi connectivity index (χ4v) is 1.41. The molecular formula is C10H16N2S. The standard InChI is InChI=1S/C10H16N2S/c1-13-9-8-11-7-5-10-4-2-3-6-12-10/h2-4,6,11H,5,7-9H2,1H3. The summed E-state index contributed by atoms with van der Waals surface area (Å²) < 4.78 is 0. The molecule has 0 fully saturated rings. The number of nitrogens with zero attached hydrogens (tertiary/aromatic N) is 1. The van der Waals surface area contributed by atoms with Crippen LogP contribution >= 0.6 is 11.8 Å². The molecule has 0 aliphatic heterocycles. The van der Waals surface area contributed by atoms with Gasteiger partial charge < -0.3 is 5.32 Å². The van der Waals surface area contributed by atoms with Crippen LogP contribution in [-0.4, -0.2) is 30.1 Å². The molecule has 0 saturated carbocycles.